The topological polar surface area (TPSA) is 35.5 Å². The van der Waals surface area contributed by atoms with Crippen LogP contribution in [0.3, 0.4) is 0 Å². The molecule has 1 saturated heterocycles. The highest BCUT2D eigenvalue weighted by molar-refractivity contribution is 9.10. The third-order valence-electron chi connectivity index (χ3n) is 3.71. The average molecular weight is 327 g/mol. The summed E-state index contributed by atoms with van der Waals surface area (Å²) in [5, 5.41) is 12.8. The Morgan fingerprint density at radius 2 is 2.26 bits per heavy atom. The van der Waals surface area contributed by atoms with Gasteiger partial charge in [0.05, 0.1) is 5.69 Å². The molecule has 1 fully saturated rings. The molecule has 19 heavy (non-hydrogen) atoms. The highest BCUT2D eigenvalue weighted by atomic mass is 79.9. The summed E-state index contributed by atoms with van der Waals surface area (Å²) < 4.78 is 1.16. The maximum absolute atomic E-state index is 9.18. The number of hydrogen-bond donors (Lipinski definition) is 2. The fraction of sp³-hybridized carbons (Fsp3) is 0.600. The average Bonchev–Trinajstić information content (AvgIpc) is 2.52. The van der Waals surface area contributed by atoms with Gasteiger partial charge in [-0.2, -0.15) is 0 Å². The largest absolute Gasteiger partial charge is 0.396 e. The molecule has 0 amide bonds. The molecule has 0 aliphatic carbocycles. The second-order valence-corrected chi connectivity index (χ2v) is 6.32. The maximum atomic E-state index is 9.18. The van der Waals surface area contributed by atoms with E-state index in [9.17, 15) is 5.11 Å². The van der Waals surface area contributed by atoms with Crippen LogP contribution in [-0.4, -0.2) is 36.9 Å². The van der Waals surface area contributed by atoms with E-state index in [1.54, 1.807) is 0 Å². The van der Waals surface area contributed by atoms with Gasteiger partial charge < -0.3 is 15.3 Å². The SMILES string of the molecule is Cc1ccc(N2CCC(C)NC(CCO)C2)c(Br)c1. The molecule has 2 unspecified atom stereocenters. The van der Waals surface area contributed by atoms with Crippen molar-refractivity contribution in [3.63, 3.8) is 0 Å². The highest BCUT2D eigenvalue weighted by Gasteiger charge is 2.22. The molecule has 1 aliphatic rings. The molecule has 106 valence electrons. The quantitative estimate of drug-likeness (QED) is 0.896. The van der Waals surface area contributed by atoms with Crippen LogP contribution < -0.4 is 10.2 Å². The van der Waals surface area contributed by atoms with Crippen molar-refractivity contribution in [2.24, 2.45) is 0 Å². The molecule has 1 aromatic carbocycles. The summed E-state index contributed by atoms with van der Waals surface area (Å²) >= 11 is 3.67. The van der Waals surface area contributed by atoms with Crippen molar-refractivity contribution in [1.82, 2.24) is 5.32 Å². The van der Waals surface area contributed by atoms with Gasteiger partial charge in [0.2, 0.25) is 0 Å². The van der Waals surface area contributed by atoms with E-state index in [4.69, 9.17) is 0 Å². The van der Waals surface area contributed by atoms with Gasteiger partial charge in [-0.25, -0.2) is 0 Å². The van der Waals surface area contributed by atoms with Crippen LogP contribution in [-0.2, 0) is 0 Å². The van der Waals surface area contributed by atoms with E-state index < -0.39 is 0 Å². The van der Waals surface area contributed by atoms with Crippen molar-refractivity contribution in [1.29, 1.82) is 0 Å². The van der Waals surface area contributed by atoms with Gasteiger partial charge in [-0.15, -0.1) is 0 Å². The van der Waals surface area contributed by atoms with Crippen LogP contribution in [0.4, 0.5) is 5.69 Å². The van der Waals surface area contributed by atoms with Crippen LogP contribution in [0, 0.1) is 6.92 Å². The molecule has 1 aliphatic heterocycles. The Bertz CT molecular complexity index is 425. The number of benzene rings is 1. The minimum atomic E-state index is 0.243. The first-order valence-corrected chi connectivity index (χ1v) is 7.77. The van der Waals surface area contributed by atoms with Crippen LogP contribution in [0.5, 0.6) is 0 Å². The maximum Gasteiger partial charge on any atom is 0.0511 e. The normalized spacial score (nSPS) is 24.3. The van der Waals surface area contributed by atoms with E-state index >= 15 is 0 Å². The first kappa shape index (κ1) is 14.8. The van der Waals surface area contributed by atoms with Crippen LogP contribution in [0.1, 0.15) is 25.3 Å². The van der Waals surface area contributed by atoms with Gasteiger partial charge in [0.15, 0.2) is 0 Å². The van der Waals surface area contributed by atoms with Gasteiger partial charge in [-0.05, 0) is 60.3 Å². The number of rotatable bonds is 3. The fourth-order valence-corrected chi connectivity index (χ4v) is 3.41. The summed E-state index contributed by atoms with van der Waals surface area (Å²) in [6.45, 7) is 6.57. The zero-order chi connectivity index (χ0) is 13.8. The Hall–Kier alpha value is -0.580. The zero-order valence-electron chi connectivity index (χ0n) is 11.7. The Labute approximate surface area is 124 Å². The van der Waals surface area contributed by atoms with Crippen molar-refractivity contribution in [3.8, 4) is 0 Å². The number of anilines is 1. The van der Waals surface area contributed by atoms with E-state index in [0.717, 1.165) is 30.4 Å². The van der Waals surface area contributed by atoms with Gasteiger partial charge in [0.25, 0.3) is 0 Å². The van der Waals surface area contributed by atoms with Crippen molar-refractivity contribution in [2.75, 3.05) is 24.6 Å². The number of hydrogen-bond acceptors (Lipinski definition) is 3. The molecule has 0 aromatic heterocycles. The molecule has 2 rings (SSSR count). The van der Waals surface area contributed by atoms with Crippen molar-refractivity contribution in [2.45, 2.75) is 38.8 Å². The first-order valence-electron chi connectivity index (χ1n) is 6.98. The first-order chi connectivity index (χ1) is 9.10. The van der Waals surface area contributed by atoms with E-state index in [-0.39, 0.29) is 6.61 Å². The van der Waals surface area contributed by atoms with Gasteiger partial charge in [-0.3, -0.25) is 0 Å². The third-order valence-corrected chi connectivity index (χ3v) is 4.35. The van der Waals surface area contributed by atoms with Crippen molar-refractivity contribution in [3.05, 3.63) is 28.2 Å². The molecule has 4 heteroatoms. The molecule has 1 heterocycles. The lowest BCUT2D eigenvalue weighted by Gasteiger charge is -2.27. The van der Waals surface area contributed by atoms with E-state index in [1.807, 2.05) is 0 Å². The van der Waals surface area contributed by atoms with Crippen molar-refractivity contribution >= 4 is 21.6 Å². The molecule has 2 N–H and O–H groups in total. The molecule has 1 aromatic rings. The van der Waals surface area contributed by atoms with E-state index in [1.165, 1.54) is 11.3 Å². The molecule has 0 spiro atoms. The number of halogens is 1. The molecule has 3 nitrogen and oxygen atoms in total. The monoisotopic (exact) mass is 326 g/mol. The minimum Gasteiger partial charge on any atom is -0.396 e. The summed E-state index contributed by atoms with van der Waals surface area (Å²) in [6.07, 6.45) is 1.94. The van der Waals surface area contributed by atoms with E-state index in [2.05, 4.69) is 58.2 Å². The smallest absolute Gasteiger partial charge is 0.0511 e. The Balaban J connectivity index is 2.17. The standard InChI is InChI=1S/C15H23BrN2O/c1-11-3-4-15(14(16)9-11)18-7-5-12(2)17-13(10-18)6-8-19/h3-4,9,12-13,17,19H,5-8,10H2,1-2H3. The summed E-state index contributed by atoms with van der Waals surface area (Å²) in [7, 11) is 0. The van der Waals surface area contributed by atoms with Crippen LogP contribution >= 0.6 is 15.9 Å². The Kier molecular flexibility index (Phi) is 5.25. The second-order valence-electron chi connectivity index (χ2n) is 5.47. The number of nitrogens with zero attached hydrogens (tertiary/aromatic N) is 1. The summed E-state index contributed by atoms with van der Waals surface area (Å²) in [5.41, 5.74) is 2.52. The lowest BCUT2D eigenvalue weighted by Crippen LogP contribution is -2.40. The molecular formula is C15H23BrN2O. The summed E-state index contributed by atoms with van der Waals surface area (Å²) in [5.74, 6) is 0. The highest BCUT2D eigenvalue weighted by Crippen LogP contribution is 2.28. The predicted molar refractivity (Wildman–Crippen MR) is 83.8 cm³/mol. The Morgan fingerprint density at radius 3 is 2.95 bits per heavy atom. The molecule has 0 bridgehead atoms. The predicted octanol–water partition coefficient (Wildman–Crippen LogP) is 2.70. The fourth-order valence-electron chi connectivity index (χ4n) is 2.66. The zero-order valence-corrected chi connectivity index (χ0v) is 13.3. The lowest BCUT2D eigenvalue weighted by atomic mass is 10.1. The summed E-state index contributed by atoms with van der Waals surface area (Å²) in [4.78, 5) is 2.42. The summed E-state index contributed by atoms with van der Waals surface area (Å²) in [6, 6.07) is 7.37. The van der Waals surface area contributed by atoms with Gasteiger partial charge >= 0.3 is 0 Å². The lowest BCUT2D eigenvalue weighted by molar-refractivity contribution is 0.263. The van der Waals surface area contributed by atoms with Crippen LogP contribution in [0.15, 0.2) is 22.7 Å². The molecule has 2 atom stereocenters. The number of aryl methyl sites for hydroxylation is 1. The van der Waals surface area contributed by atoms with Gasteiger partial charge in [0, 0.05) is 36.3 Å². The van der Waals surface area contributed by atoms with Gasteiger partial charge in [-0.1, -0.05) is 6.07 Å². The number of nitrogens with one attached hydrogen (secondary N) is 1. The molecule has 0 saturated carbocycles. The number of aliphatic hydroxyl groups excluding tert-OH is 1. The number of aliphatic hydroxyl groups is 1. The molecular weight excluding hydrogens is 304 g/mol. The van der Waals surface area contributed by atoms with Crippen molar-refractivity contribution < 1.29 is 5.11 Å². The minimum absolute atomic E-state index is 0.243. The van der Waals surface area contributed by atoms with Crippen LogP contribution in [0.2, 0.25) is 0 Å². The van der Waals surface area contributed by atoms with Crippen LogP contribution in [0.25, 0.3) is 0 Å². The Morgan fingerprint density at radius 1 is 1.47 bits per heavy atom. The van der Waals surface area contributed by atoms with Gasteiger partial charge in [0.1, 0.15) is 0 Å². The second kappa shape index (κ2) is 6.73. The van der Waals surface area contributed by atoms with E-state index in [0.29, 0.717) is 12.1 Å². The third kappa shape index (κ3) is 3.94. The molecule has 0 radical (unpaired) electrons.